The Bertz CT molecular complexity index is 1710. The Balaban J connectivity index is 5.25. The van der Waals surface area contributed by atoms with Crippen LogP contribution in [0.3, 0.4) is 0 Å². The average Bonchev–Trinajstić information content (AvgIpc) is 3.54. The van der Waals surface area contributed by atoms with Gasteiger partial charge in [0.2, 0.25) is 0 Å². The Labute approximate surface area is 537 Å². The van der Waals surface area contributed by atoms with Crippen molar-refractivity contribution in [1.82, 2.24) is 0 Å². The molecule has 522 valence electrons. The van der Waals surface area contributed by atoms with Gasteiger partial charge in [-0.1, -0.05) is 304 Å². The van der Waals surface area contributed by atoms with E-state index in [4.69, 9.17) is 37.0 Å². The van der Waals surface area contributed by atoms with Crippen molar-refractivity contribution in [3.8, 4) is 0 Å². The summed E-state index contributed by atoms with van der Waals surface area (Å²) in [5, 5.41) is 10.6. The second-order valence-corrected chi connectivity index (χ2v) is 28.1. The van der Waals surface area contributed by atoms with Crippen LogP contribution < -0.4 is 0 Å². The van der Waals surface area contributed by atoms with Crippen molar-refractivity contribution < 1.29 is 80.2 Å². The van der Waals surface area contributed by atoms with Gasteiger partial charge < -0.3 is 33.8 Å². The van der Waals surface area contributed by atoms with Gasteiger partial charge in [-0.3, -0.25) is 37.3 Å². The molecule has 0 radical (unpaired) electrons. The summed E-state index contributed by atoms with van der Waals surface area (Å²) < 4.78 is 68.2. The Morgan fingerprint density at radius 1 is 0.318 bits per heavy atom. The average molecular weight is 1300 g/mol. The van der Waals surface area contributed by atoms with E-state index >= 15 is 0 Å². The lowest BCUT2D eigenvalue weighted by molar-refractivity contribution is -0.161. The molecule has 0 fully saturated rings. The van der Waals surface area contributed by atoms with Crippen molar-refractivity contribution >= 4 is 39.5 Å². The topological polar surface area (TPSA) is 237 Å². The first-order valence-corrected chi connectivity index (χ1v) is 39.2. The number of hydrogen-bond donors (Lipinski definition) is 3. The summed E-state index contributed by atoms with van der Waals surface area (Å²) >= 11 is 0. The quantitative estimate of drug-likeness (QED) is 0.0222. The number of phosphoric ester groups is 2. The van der Waals surface area contributed by atoms with Gasteiger partial charge in [-0.05, 0) is 31.6 Å². The van der Waals surface area contributed by atoms with Crippen LogP contribution in [-0.2, 0) is 65.4 Å². The molecule has 0 spiro atoms. The van der Waals surface area contributed by atoms with Gasteiger partial charge in [0.05, 0.1) is 26.4 Å². The zero-order valence-corrected chi connectivity index (χ0v) is 58.6. The van der Waals surface area contributed by atoms with E-state index in [1.54, 1.807) is 0 Å². The molecule has 88 heavy (non-hydrogen) atoms. The highest BCUT2D eigenvalue weighted by Gasteiger charge is 2.30. The molecule has 3 unspecified atom stereocenters. The molecule has 19 heteroatoms. The zero-order valence-electron chi connectivity index (χ0n) is 56.9. The van der Waals surface area contributed by atoms with Crippen LogP contribution in [0.4, 0.5) is 0 Å². The van der Waals surface area contributed by atoms with Crippen molar-refractivity contribution in [2.24, 2.45) is 5.92 Å². The maximum atomic E-state index is 13.0. The standard InChI is InChI=1S/C69H134O17P2/c1-6-10-13-16-19-22-25-28-29-32-35-38-45-50-55-69(74)85-64(58-79-66(71)52-47-42-36-33-30-26-23-20-17-14-11-7-2)60-83-87(75,76)81-56-63(70)57-82-88(77,78)84-61-65(59-80-67(72)53-48-43-40-39-41-46-51-62(5)9-4)86-68(73)54-49-44-37-34-31-27-24-21-18-15-12-8-3/h62-65,70H,6-61H2,1-5H3,(H,75,76)(H,77,78)/t62?,63-,64-,65-/m1/s1. The molecule has 0 aliphatic rings. The highest BCUT2D eigenvalue weighted by molar-refractivity contribution is 7.47. The van der Waals surface area contributed by atoms with Crippen molar-refractivity contribution in [3.05, 3.63) is 0 Å². The molecule has 0 aromatic heterocycles. The smallest absolute Gasteiger partial charge is 0.462 e. The van der Waals surface area contributed by atoms with Gasteiger partial charge >= 0.3 is 39.5 Å². The normalized spacial score (nSPS) is 14.4. The summed E-state index contributed by atoms with van der Waals surface area (Å²) in [6.45, 7) is 7.20. The van der Waals surface area contributed by atoms with Gasteiger partial charge in [0.25, 0.3) is 0 Å². The summed E-state index contributed by atoms with van der Waals surface area (Å²) in [5.41, 5.74) is 0. The Hall–Kier alpha value is -1.94. The molecule has 0 aromatic carbocycles. The highest BCUT2D eigenvalue weighted by Crippen LogP contribution is 2.45. The molecule has 0 saturated carbocycles. The lowest BCUT2D eigenvalue weighted by Crippen LogP contribution is -2.30. The van der Waals surface area contributed by atoms with E-state index in [0.29, 0.717) is 25.7 Å². The number of carbonyl (C=O) groups excluding carboxylic acids is 4. The van der Waals surface area contributed by atoms with Crippen LogP contribution in [0.5, 0.6) is 0 Å². The number of carbonyl (C=O) groups is 4. The maximum Gasteiger partial charge on any atom is 0.472 e. The summed E-state index contributed by atoms with van der Waals surface area (Å²) in [5.74, 6) is -1.39. The van der Waals surface area contributed by atoms with Crippen molar-refractivity contribution in [1.29, 1.82) is 0 Å². The summed E-state index contributed by atoms with van der Waals surface area (Å²) in [7, 11) is -9.90. The first-order chi connectivity index (χ1) is 42.6. The Kier molecular flexibility index (Phi) is 61.1. The predicted octanol–water partition coefficient (Wildman–Crippen LogP) is 19.7. The van der Waals surface area contributed by atoms with Gasteiger partial charge in [-0.25, -0.2) is 9.13 Å². The summed E-state index contributed by atoms with van der Waals surface area (Å²) in [6, 6.07) is 0. The fraction of sp³-hybridized carbons (Fsp3) is 0.942. The zero-order chi connectivity index (χ0) is 64.9. The van der Waals surface area contributed by atoms with Crippen LogP contribution in [0.15, 0.2) is 0 Å². The van der Waals surface area contributed by atoms with E-state index in [1.165, 1.54) is 173 Å². The second kappa shape index (κ2) is 62.5. The predicted molar refractivity (Wildman–Crippen MR) is 354 cm³/mol. The minimum atomic E-state index is -4.95. The Morgan fingerprint density at radius 3 is 0.807 bits per heavy atom. The fourth-order valence-electron chi connectivity index (χ4n) is 10.4. The maximum absolute atomic E-state index is 13.0. The molecule has 0 aliphatic carbocycles. The number of phosphoric acid groups is 2. The lowest BCUT2D eigenvalue weighted by Gasteiger charge is -2.21. The molecule has 0 aliphatic heterocycles. The number of unbranched alkanes of at least 4 members (excludes halogenated alkanes) is 40. The van der Waals surface area contributed by atoms with Gasteiger partial charge in [-0.15, -0.1) is 0 Å². The lowest BCUT2D eigenvalue weighted by atomic mass is 10.00. The SMILES string of the molecule is CCCCCCCCCCCCCCCCC(=O)O[C@H](COC(=O)CCCCCCCCCCCCCC)COP(=O)(O)OC[C@@H](O)COP(=O)(O)OC[C@@H](COC(=O)CCCCCCCCC(C)CC)OC(=O)CCCCCCCCCCCCCC. The number of aliphatic hydroxyl groups is 1. The van der Waals surface area contributed by atoms with Crippen LogP contribution in [-0.4, -0.2) is 96.7 Å². The summed E-state index contributed by atoms with van der Waals surface area (Å²) in [4.78, 5) is 72.5. The summed E-state index contributed by atoms with van der Waals surface area (Å²) in [6.07, 6.45) is 48.4. The van der Waals surface area contributed by atoms with E-state index in [2.05, 4.69) is 34.6 Å². The van der Waals surface area contributed by atoms with Gasteiger partial charge in [0.1, 0.15) is 19.3 Å². The van der Waals surface area contributed by atoms with E-state index < -0.39 is 97.5 Å². The molecule has 0 heterocycles. The van der Waals surface area contributed by atoms with Crippen LogP contribution in [0.25, 0.3) is 0 Å². The molecule has 0 saturated heterocycles. The number of rotatable bonds is 69. The molecule has 6 atom stereocenters. The highest BCUT2D eigenvalue weighted by atomic mass is 31.2. The molecule has 17 nitrogen and oxygen atoms in total. The third-order valence-electron chi connectivity index (χ3n) is 16.4. The Morgan fingerprint density at radius 2 is 0.545 bits per heavy atom. The number of hydrogen-bond acceptors (Lipinski definition) is 15. The van der Waals surface area contributed by atoms with Crippen LogP contribution in [0.2, 0.25) is 0 Å². The second-order valence-electron chi connectivity index (χ2n) is 25.2. The van der Waals surface area contributed by atoms with E-state index in [-0.39, 0.29) is 25.7 Å². The van der Waals surface area contributed by atoms with E-state index in [1.807, 2.05) is 0 Å². The van der Waals surface area contributed by atoms with Crippen molar-refractivity contribution in [2.45, 2.75) is 374 Å². The molecular weight excluding hydrogens is 1160 g/mol. The molecule has 0 rings (SSSR count). The first-order valence-electron chi connectivity index (χ1n) is 36.2. The van der Waals surface area contributed by atoms with E-state index in [0.717, 1.165) is 102 Å². The number of ether oxygens (including phenoxy) is 4. The molecule has 3 N–H and O–H groups in total. The van der Waals surface area contributed by atoms with Crippen LogP contribution >= 0.6 is 15.6 Å². The van der Waals surface area contributed by atoms with Gasteiger partial charge in [0, 0.05) is 25.7 Å². The van der Waals surface area contributed by atoms with Crippen LogP contribution in [0.1, 0.15) is 356 Å². The van der Waals surface area contributed by atoms with Crippen molar-refractivity contribution in [3.63, 3.8) is 0 Å². The third-order valence-corrected chi connectivity index (χ3v) is 18.3. The van der Waals surface area contributed by atoms with Crippen LogP contribution in [0, 0.1) is 5.92 Å². The van der Waals surface area contributed by atoms with Gasteiger partial charge in [-0.2, -0.15) is 0 Å². The molecular formula is C69H134O17P2. The minimum Gasteiger partial charge on any atom is -0.462 e. The first kappa shape index (κ1) is 86.1. The molecule has 0 amide bonds. The molecule has 0 bridgehead atoms. The number of esters is 4. The van der Waals surface area contributed by atoms with Gasteiger partial charge in [0.15, 0.2) is 12.2 Å². The third kappa shape index (κ3) is 61.6. The van der Waals surface area contributed by atoms with Crippen molar-refractivity contribution in [2.75, 3.05) is 39.6 Å². The van der Waals surface area contributed by atoms with E-state index in [9.17, 15) is 43.2 Å². The minimum absolute atomic E-state index is 0.107. The monoisotopic (exact) mass is 1300 g/mol. The number of aliphatic hydroxyl groups excluding tert-OH is 1. The largest absolute Gasteiger partial charge is 0.472 e. The fourth-order valence-corrected chi connectivity index (χ4v) is 12.0. The molecule has 0 aromatic rings.